The molecule has 0 aliphatic carbocycles. The Hall–Kier alpha value is -3.93. The van der Waals surface area contributed by atoms with E-state index in [9.17, 15) is 4.79 Å². The van der Waals surface area contributed by atoms with Crippen molar-refractivity contribution in [2.24, 2.45) is 0 Å². The smallest absolute Gasteiger partial charge is 0.253 e. The fourth-order valence-electron chi connectivity index (χ4n) is 5.47. The van der Waals surface area contributed by atoms with E-state index in [0.29, 0.717) is 23.1 Å². The second kappa shape index (κ2) is 11.7. The lowest BCUT2D eigenvalue weighted by molar-refractivity contribution is 0.0718. The van der Waals surface area contributed by atoms with Gasteiger partial charge in [-0.3, -0.25) is 4.79 Å². The minimum absolute atomic E-state index is 0.00723. The van der Waals surface area contributed by atoms with E-state index in [4.69, 9.17) is 23.2 Å². The molecule has 0 radical (unpaired) electrons. The molecule has 1 aliphatic heterocycles. The first-order valence-electron chi connectivity index (χ1n) is 13.4. The molecule has 0 spiro atoms. The summed E-state index contributed by atoms with van der Waals surface area (Å²) >= 11 is 12.4. The number of piperidine rings is 1. The Morgan fingerprint density at radius 1 is 0.800 bits per heavy atom. The van der Waals surface area contributed by atoms with Gasteiger partial charge in [-0.15, -0.1) is 0 Å². The van der Waals surface area contributed by atoms with Crippen LogP contribution in [0.3, 0.4) is 0 Å². The first-order valence-corrected chi connectivity index (χ1v) is 14.2. The van der Waals surface area contributed by atoms with Crippen LogP contribution in [-0.4, -0.2) is 40.1 Å². The summed E-state index contributed by atoms with van der Waals surface area (Å²) < 4.78 is 0. The maximum atomic E-state index is 12.9. The van der Waals surface area contributed by atoms with Crippen molar-refractivity contribution in [1.82, 2.24) is 15.1 Å². The van der Waals surface area contributed by atoms with Crippen LogP contribution in [0.5, 0.6) is 0 Å². The van der Waals surface area contributed by atoms with E-state index in [1.165, 1.54) is 0 Å². The molecule has 0 unspecified atom stereocenters. The average molecular weight is 568 g/mol. The first kappa shape index (κ1) is 26.3. The van der Waals surface area contributed by atoms with Gasteiger partial charge in [-0.05, 0) is 78.1 Å². The van der Waals surface area contributed by atoms with Gasteiger partial charge in [0.1, 0.15) is 0 Å². The van der Waals surface area contributed by atoms with Crippen LogP contribution in [0.4, 0.5) is 5.69 Å². The third-order valence-electron chi connectivity index (χ3n) is 7.57. The highest BCUT2D eigenvalue weighted by Gasteiger charge is 2.24. The van der Waals surface area contributed by atoms with Gasteiger partial charge in [0.2, 0.25) is 0 Å². The summed E-state index contributed by atoms with van der Waals surface area (Å²) in [6, 6.07) is 32.0. The second-order valence-corrected chi connectivity index (χ2v) is 11.0. The van der Waals surface area contributed by atoms with Gasteiger partial charge >= 0.3 is 0 Å². The van der Waals surface area contributed by atoms with Crippen molar-refractivity contribution in [1.29, 1.82) is 0 Å². The van der Waals surface area contributed by atoms with Gasteiger partial charge in [-0.1, -0.05) is 71.7 Å². The molecular formula is C33H28Cl2N4O. The van der Waals surface area contributed by atoms with Crippen LogP contribution in [0.1, 0.15) is 45.8 Å². The zero-order valence-corrected chi connectivity index (χ0v) is 23.3. The molecule has 5 nitrogen and oxygen atoms in total. The van der Waals surface area contributed by atoms with E-state index in [2.05, 4.69) is 51.9 Å². The number of likely N-dealkylation sites (tertiary alicyclic amines) is 1. The molecule has 200 valence electrons. The Labute approximate surface area is 243 Å². The van der Waals surface area contributed by atoms with E-state index in [1.54, 1.807) is 6.20 Å². The number of hydrogen-bond donors (Lipinski definition) is 1. The number of aromatic nitrogens is 2. The lowest BCUT2D eigenvalue weighted by Crippen LogP contribution is -2.42. The molecule has 6 rings (SSSR count). The van der Waals surface area contributed by atoms with Crippen molar-refractivity contribution in [3.63, 3.8) is 0 Å². The normalized spacial score (nSPS) is 14.0. The number of nitrogens with zero attached hydrogens (tertiary/aromatic N) is 3. The molecule has 40 heavy (non-hydrogen) atoms. The molecule has 7 heteroatoms. The molecular weight excluding hydrogens is 539 g/mol. The molecule has 1 fully saturated rings. The van der Waals surface area contributed by atoms with E-state index >= 15 is 0 Å². The quantitative estimate of drug-likeness (QED) is 0.213. The number of nitrogens with one attached hydrogen (secondary N) is 1. The largest absolute Gasteiger partial charge is 0.380 e. The summed E-state index contributed by atoms with van der Waals surface area (Å²) in [5.74, 6) is 0.0855. The standard InChI is InChI=1S/C33H28Cl2N4O/c34-26-11-6-22(7-12-26)32(23-8-13-27(35)14-9-23)25-10-15-30-29(20-25)31(21-36-38-30)37-28-16-18-39(19-17-28)33(40)24-4-2-1-3-5-24/h1-15,20-21,28,32H,16-19H2,(H,37,38). The summed E-state index contributed by atoms with van der Waals surface area (Å²) in [4.78, 5) is 14.8. The first-order chi connectivity index (χ1) is 19.5. The Kier molecular flexibility index (Phi) is 7.67. The fraction of sp³-hybridized carbons (Fsp3) is 0.182. The molecule has 1 aromatic heterocycles. The van der Waals surface area contributed by atoms with Gasteiger partial charge in [-0.2, -0.15) is 10.2 Å². The maximum absolute atomic E-state index is 12.9. The summed E-state index contributed by atoms with van der Waals surface area (Å²) in [5, 5.41) is 14.8. The van der Waals surface area contributed by atoms with Crippen LogP contribution < -0.4 is 5.32 Å². The lowest BCUT2D eigenvalue weighted by atomic mass is 9.84. The lowest BCUT2D eigenvalue weighted by Gasteiger charge is -2.33. The monoisotopic (exact) mass is 566 g/mol. The van der Waals surface area contributed by atoms with Crippen LogP contribution in [0, 0.1) is 0 Å². The second-order valence-electron chi connectivity index (χ2n) is 10.1. The van der Waals surface area contributed by atoms with Crippen LogP contribution in [0.2, 0.25) is 10.0 Å². The number of amides is 1. The van der Waals surface area contributed by atoms with Gasteiger partial charge < -0.3 is 10.2 Å². The van der Waals surface area contributed by atoms with E-state index in [-0.39, 0.29) is 17.9 Å². The molecule has 2 heterocycles. The summed E-state index contributed by atoms with van der Waals surface area (Å²) in [6.45, 7) is 1.42. The number of carbonyl (C=O) groups excluding carboxylic acids is 1. The number of fused-ring (bicyclic) bond motifs is 1. The summed E-state index contributed by atoms with van der Waals surface area (Å²) in [5.41, 5.74) is 5.93. The zero-order valence-electron chi connectivity index (χ0n) is 21.8. The van der Waals surface area contributed by atoms with Crippen LogP contribution >= 0.6 is 23.2 Å². The summed E-state index contributed by atoms with van der Waals surface area (Å²) in [6.07, 6.45) is 3.52. The number of benzene rings is 4. The molecule has 0 atom stereocenters. The van der Waals surface area contributed by atoms with E-state index in [0.717, 1.165) is 51.7 Å². The molecule has 1 N–H and O–H groups in total. The Morgan fingerprint density at radius 2 is 1.40 bits per heavy atom. The van der Waals surface area contributed by atoms with Crippen molar-refractivity contribution in [2.75, 3.05) is 18.4 Å². The number of halogens is 2. The third-order valence-corrected chi connectivity index (χ3v) is 8.07. The van der Waals surface area contributed by atoms with Crippen molar-refractivity contribution >= 4 is 45.7 Å². The molecule has 0 saturated carbocycles. The maximum Gasteiger partial charge on any atom is 0.253 e. The van der Waals surface area contributed by atoms with Gasteiger partial charge in [-0.25, -0.2) is 0 Å². The van der Waals surface area contributed by atoms with Crippen molar-refractivity contribution in [3.05, 3.63) is 136 Å². The highest BCUT2D eigenvalue weighted by molar-refractivity contribution is 6.30. The van der Waals surface area contributed by atoms with Crippen LogP contribution in [-0.2, 0) is 0 Å². The van der Waals surface area contributed by atoms with Crippen LogP contribution in [0.15, 0.2) is 103 Å². The van der Waals surface area contributed by atoms with Gasteiger partial charge in [0, 0.05) is 46.0 Å². The fourth-order valence-corrected chi connectivity index (χ4v) is 5.72. The number of anilines is 1. The topological polar surface area (TPSA) is 58.1 Å². The predicted molar refractivity (Wildman–Crippen MR) is 162 cm³/mol. The van der Waals surface area contributed by atoms with Crippen LogP contribution in [0.25, 0.3) is 10.9 Å². The zero-order chi connectivity index (χ0) is 27.5. The average Bonchev–Trinajstić information content (AvgIpc) is 3.00. The molecule has 4 aromatic carbocycles. The van der Waals surface area contributed by atoms with Crippen molar-refractivity contribution in [3.8, 4) is 0 Å². The number of rotatable bonds is 6. The third kappa shape index (κ3) is 5.67. The Bertz CT molecular complexity index is 1570. The minimum atomic E-state index is -0.00723. The highest BCUT2D eigenvalue weighted by Crippen LogP contribution is 2.36. The summed E-state index contributed by atoms with van der Waals surface area (Å²) in [7, 11) is 0. The van der Waals surface area contributed by atoms with E-state index in [1.807, 2.05) is 65.6 Å². The minimum Gasteiger partial charge on any atom is -0.380 e. The van der Waals surface area contributed by atoms with Gasteiger partial charge in [0.15, 0.2) is 0 Å². The SMILES string of the molecule is O=C(c1ccccc1)N1CCC(Nc2cnnc3ccc(C(c4ccc(Cl)cc4)c4ccc(Cl)cc4)cc23)CC1. The molecule has 5 aromatic rings. The molecule has 1 saturated heterocycles. The predicted octanol–water partition coefficient (Wildman–Crippen LogP) is 7.83. The molecule has 1 amide bonds. The van der Waals surface area contributed by atoms with Crippen molar-refractivity contribution < 1.29 is 4.79 Å². The number of carbonyl (C=O) groups is 1. The van der Waals surface area contributed by atoms with Gasteiger partial charge in [0.25, 0.3) is 5.91 Å². The number of hydrogen-bond acceptors (Lipinski definition) is 4. The Balaban J connectivity index is 1.27. The highest BCUT2D eigenvalue weighted by atomic mass is 35.5. The van der Waals surface area contributed by atoms with Crippen molar-refractivity contribution in [2.45, 2.75) is 24.8 Å². The van der Waals surface area contributed by atoms with E-state index < -0.39 is 0 Å². The molecule has 0 bridgehead atoms. The van der Waals surface area contributed by atoms with Gasteiger partial charge in [0.05, 0.1) is 17.4 Å². The molecule has 1 aliphatic rings. The Morgan fingerprint density at radius 3 is 2.02 bits per heavy atom.